The topological polar surface area (TPSA) is 47.0 Å². The highest BCUT2D eigenvalue weighted by Crippen LogP contribution is 2.09. The fraction of sp³-hybridized carbons (Fsp3) is 0.286. The Morgan fingerprint density at radius 3 is 2.67 bits per heavy atom. The van der Waals surface area contributed by atoms with Crippen molar-refractivity contribution in [2.45, 2.75) is 19.7 Å². The highest BCUT2D eigenvalue weighted by molar-refractivity contribution is 5.26. The number of hydrogen-bond acceptors (Lipinski definition) is 4. The first-order valence-electron chi connectivity index (χ1n) is 5.91. The Morgan fingerprint density at radius 2 is 1.94 bits per heavy atom. The number of hydrogen-bond donors (Lipinski definition) is 1. The van der Waals surface area contributed by atoms with Gasteiger partial charge in [-0.15, -0.1) is 0 Å². The Kier molecular flexibility index (Phi) is 4.81. The summed E-state index contributed by atoms with van der Waals surface area (Å²) in [7, 11) is 1.71. The lowest BCUT2D eigenvalue weighted by Crippen LogP contribution is -2.15. The number of methoxy groups -OCH3 is 1. The van der Waals surface area contributed by atoms with Crippen LogP contribution in [0.25, 0.3) is 0 Å². The lowest BCUT2D eigenvalue weighted by Gasteiger charge is -2.09. The molecule has 0 atom stereocenters. The molecule has 0 bridgehead atoms. The van der Waals surface area contributed by atoms with Gasteiger partial charge in [0.1, 0.15) is 6.33 Å². The van der Waals surface area contributed by atoms with Gasteiger partial charge >= 0.3 is 0 Å². The molecule has 0 saturated carbocycles. The van der Waals surface area contributed by atoms with Gasteiger partial charge in [-0.05, 0) is 17.2 Å². The lowest BCUT2D eigenvalue weighted by atomic mass is 10.1. The van der Waals surface area contributed by atoms with Crippen molar-refractivity contribution in [1.82, 2.24) is 15.3 Å². The summed E-state index contributed by atoms with van der Waals surface area (Å²) in [5.74, 6) is 0. The molecule has 0 aliphatic heterocycles. The second-order valence-corrected chi connectivity index (χ2v) is 4.01. The summed E-state index contributed by atoms with van der Waals surface area (Å²) >= 11 is 0. The molecule has 0 unspecified atom stereocenters. The van der Waals surface area contributed by atoms with E-state index >= 15 is 0 Å². The van der Waals surface area contributed by atoms with Gasteiger partial charge in [-0.1, -0.05) is 24.3 Å². The number of rotatable bonds is 6. The van der Waals surface area contributed by atoms with Crippen LogP contribution in [0.3, 0.4) is 0 Å². The number of ether oxygens (including phenoxy) is 1. The first-order valence-corrected chi connectivity index (χ1v) is 5.91. The number of benzene rings is 1. The van der Waals surface area contributed by atoms with Crippen molar-refractivity contribution >= 4 is 0 Å². The van der Waals surface area contributed by atoms with Crippen molar-refractivity contribution in [2.75, 3.05) is 7.11 Å². The molecule has 2 rings (SSSR count). The monoisotopic (exact) mass is 243 g/mol. The van der Waals surface area contributed by atoms with Crippen LogP contribution in [0.5, 0.6) is 0 Å². The number of nitrogens with one attached hydrogen (secondary N) is 1. The van der Waals surface area contributed by atoms with Crippen molar-refractivity contribution in [1.29, 1.82) is 0 Å². The molecule has 1 N–H and O–H groups in total. The minimum atomic E-state index is 0.644. The van der Waals surface area contributed by atoms with Gasteiger partial charge in [0, 0.05) is 26.4 Å². The molecule has 4 nitrogen and oxygen atoms in total. The average Bonchev–Trinajstić information content (AvgIpc) is 2.42. The van der Waals surface area contributed by atoms with E-state index in [0.717, 1.165) is 18.8 Å². The zero-order valence-corrected chi connectivity index (χ0v) is 10.5. The predicted molar refractivity (Wildman–Crippen MR) is 69.7 cm³/mol. The molecule has 94 valence electrons. The predicted octanol–water partition coefficient (Wildman–Crippen LogP) is 1.91. The van der Waals surface area contributed by atoms with Gasteiger partial charge in [0.2, 0.25) is 0 Å². The van der Waals surface area contributed by atoms with Crippen molar-refractivity contribution in [2.24, 2.45) is 0 Å². The van der Waals surface area contributed by atoms with Crippen molar-refractivity contribution < 1.29 is 4.74 Å². The number of nitrogens with zero attached hydrogens (tertiary/aromatic N) is 2. The molecule has 1 heterocycles. The van der Waals surface area contributed by atoms with Gasteiger partial charge in [-0.3, -0.25) is 0 Å². The highest BCUT2D eigenvalue weighted by Gasteiger charge is 2.01. The smallest absolute Gasteiger partial charge is 0.115 e. The fourth-order valence-corrected chi connectivity index (χ4v) is 1.77. The molecule has 0 fully saturated rings. The van der Waals surface area contributed by atoms with E-state index in [1.807, 2.05) is 18.2 Å². The molecule has 0 aliphatic rings. The third kappa shape index (κ3) is 3.61. The average molecular weight is 243 g/mol. The zero-order chi connectivity index (χ0) is 12.6. The molecule has 1 aromatic heterocycles. The maximum absolute atomic E-state index is 5.18. The Balaban J connectivity index is 1.90. The van der Waals surface area contributed by atoms with Crippen molar-refractivity contribution in [3.05, 3.63) is 59.7 Å². The Morgan fingerprint density at radius 1 is 1.11 bits per heavy atom. The summed E-state index contributed by atoms with van der Waals surface area (Å²) in [6.45, 7) is 2.19. The van der Waals surface area contributed by atoms with Crippen molar-refractivity contribution in [3.63, 3.8) is 0 Å². The van der Waals surface area contributed by atoms with Gasteiger partial charge in [-0.25, -0.2) is 9.97 Å². The van der Waals surface area contributed by atoms with E-state index < -0.39 is 0 Å². The van der Waals surface area contributed by atoms with Gasteiger partial charge in [0.05, 0.1) is 12.3 Å². The summed E-state index contributed by atoms with van der Waals surface area (Å²) in [6, 6.07) is 10.2. The second-order valence-electron chi connectivity index (χ2n) is 4.01. The zero-order valence-electron chi connectivity index (χ0n) is 10.5. The van der Waals surface area contributed by atoms with E-state index in [4.69, 9.17) is 4.74 Å². The molecule has 0 aliphatic carbocycles. The molecular formula is C14H17N3O. The van der Waals surface area contributed by atoms with Crippen LogP contribution in [0.15, 0.2) is 42.9 Å². The number of aromatic nitrogens is 2. The van der Waals surface area contributed by atoms with Crippen LogP contribution in [0.4, 0.5) is 0 Å². The summed E-state index contributed by atoms with van der Waals surface area (Å²) in [4.78, 5) is 8.07. The lowest BCUT2D eigenvalue weighted by molar-refractivity contribution is 0.184. The molecule has 1 aromatic carbocycles. The molecule has 4 heteroatoms. The summed E-state index contributed by atoms with van der Waals surface area (Å²) in [5, 5.41) is 3.37. The normalized spacial score (nSPS) is 10.5. The molecule has 0 saturated heterocycles. The Labute approximate surface area is 107 Å². The van der Waals surface area contributed by atoms with Crippen molar-refractivity contribution in [3.8, 4) is 0 Å². The van der Waals surface area contributed by atoms with Gasteiger partial charge in [-0.2, -0.15) is 0 Å². The quantitative estimate of drug-likeness (QED) is 0.842. The maximum atomic E-state index is 5.18. The Bertz CT molecular complexity index is 473. The van der Waals surface area contributed by atoms with E-state index in [9.17, 15) is 0 Å². The van der Waals surface area contributed by atoms with Gasteiger partial charge < -0.3 is 10.1 Å². The molecule has 0 spiro atoms. The Hall–Kier alpha value is -1.78. The molecule has 0 radical (unpaired) electrons. The standard InChI is InChI=1S/C14H17N3O/c1-18-10-13-5-3-2-4-12(13)8-16-9-14-6-7-15-11-17-14/h2-7,11,16H,8-10H2,1H3. The molecule has 18 heavy (non-hydrogen) atoms. The third-order valence-corrected chi connectivity index (χ3v) is 2.68. The SMILES string of the molecule is COCc1ccccc1CNCc1ccncn1. The van der Waals surface area contributed by atoms with Crippen LogP contribution in [0.2, 0.25) is 0 Å². The summed E-state index contributed by atoms with van der Waals surface area (Å²) in [6.07, 6.45) is 3.32. The van der Waals surface area contributed by atoms with Crippen LogP contribution in [-0.4, -0.2) is 17.1 Å². The summed E-state index contributed by atoms with van der Waals surface area (Å²) in [5.41, 5.74) is 3.47. The highest BCUT2D eigenvalue weighted by atomic mass is 16.5. The molecular weight excluding hydrogens is 226 g/mol. The fourth-order valence-electron chi connectivity index (χ4n) is 1.77. The molecule has 2 aromatic rings. The second kappa shape index (κ2) is 6.83. The maximum Gasteiger partial charge on any atom is 0.115 e. The van der Waals surface area contributed by atoms with E-state index in [1.165, 1.54) is 11.1 Å². The first-order chi connectivity index (χ1) is 8.90. The van der Waals surface area contributed by atoms with E-state index in [-0.39, 0.29) is 0 Å². The van der Waals surface area contributed by atoms with Crippen LogP contribution in [0, 0.1) is 0 Å². The van der Waals surface area contributed by atoms with Gasteiger partial charge in [0.15, 0.2) is 0 Å². The van der Waals surface area contributed by atoms with Crippen LogP contribution in [-0.2, 0) is 24.4 Å². The van der Waals surface area contributed by atoms with E-state index in [2.05, 4.69) is 27.4 Å². The van der Waals surface area contributed by atoms with E-state index in [1.54, 1.807) is 19.6 Å². The summed E-state index contributed by atoms with van der Waals surface area (Å²) < 4.78 is 5.18. The molecule has 0 amide bonds. The van der Waals surface area contributed by atoms with E-state index in [0.29, 0.717) is 6.61 Å². The minimum Gasteiger partial charge on any atom is -0.380 e. The van der Waals surface area contributed by atoms with Crippen LogP contribution >= 0.6 is 0 Å². The minimum absolute atomic E-state index is 0.644. The van der Waals surface area contributed by atoms with Crippen LogP contribution < -0.4 is 5.32 Å². The first kappa shape index (κ1) is 12.7. The van der Waals surface area contributed by atoms with Gasteiger partial charge in [0.25, 0.3) is 0 Å². The largest absolute Gasteiger partial charge is 0.380 e. The van der Waals surface area contributed by atoms with Crippen LogP contribution in [0.1, 0.15) is 16.8 Å². The third-order valence-electron chi connectivity index (χ3n) is 2.68.